The molecule has 8 rings (SSSR count). The summed E-state index contributed by atoms with van der Waals surface area (Å²) in [5, 5.41) is 49.8. The molecule has 646 valence electrons. The number of phenolic OH excluding ortho intramolecular Hbond substituents is 4. The minimum Gasteiger partial charge on any atom is -0.507 e. The second kappa shape index (κ2) is 38.3. The summed E-state index contributed by atoms with van der Waals surface area (Å²) in [4.78, 5) is 24.6. The van der Waals surface area contributed by atoms with Crippen molar-refractivity contribution in [3.05, 3.63) is 115 Å². The van der Waals surface area contributed by atoms with E-state index in [1.165, 1.54) is 42.4 Å². The van der Waals surface area contributed by atoms with Crippen LogP contribution in [0.5, 0.6) is 23.0 Å². The molecule has 0 radical (unpaired) electrons. The summed E-state index contributed by atoms with van der Waals surface area (Å²) in [6, 6.07) is 17.2. The van der Waals surface area contributed by atoms with Crippen LogP contribution in [0.15, 0.2) is 48.5 Å². The number of piperidine rings is 2. The van der Waals surface area contributed by atoms with Crippen molar-refractivity contribution in [3.63, 3.8) is 0 Å². The molecule has 3 heterocycles. The summed E-state index contributed by atoms with van der Waals surface area (Å²) in [6.07, 6.45) is 15.3. The molecule has 0 bridgehead atoms. The zero-order valence-corrected chi connectivity index (χ0v) is 79.5. The highest BCUT2D eigenvalue weighted by molar-refractivity contribution is 5.70. The van der Waals surface area contributed by atoms with Crippen molar-refractivity contribution in [2.75, 3.05) is 13.2 Å². The fourth-order valence-corrected chi connectivity index (χ4v) is 16.9. The number of aryl methyl sites for hydroxylation is 1. The van der Waals surface area contributed by atoms with Crippen LogP contribution in [-0.2, 0) is 77.3 Å². The average molecular weight is 1570 g/mol. The lowest BCUT2D eigenvalue weighted by molar-refractivity contribution is -0.202. The first kappa shape index (κ1) is 100. The minimum atomic E-state index is -0.334. The van der Waals surface area contributed by atoms with Crippen LogP contribution >= 0.6 is 0 Å². The molecule has 0 amide bonds. The number of nitrogens with one attached hydrogen (secondary N) is 2. The number of phenols is 4. The van der Waals surface area contributed by atoms with E-state index in [0.29, 0.717) is 60.9 Å². The van der Waals surface area contributed by atoms with Gasteiger partial charge in [0.2, 0.25) is 0 Å². The zero-order valence-electron chi connectivity index (χ0n) is 79.5. The third-order valence-corrected chi connectivity index (χ3v) is 22.7. The predicted molar refractivity (Wildman–Crippen MR) is 480 cm³/mol. The molecular weight excluding hydrogens is 1400 g/mol. The molecule has 0 aromatic heterocycles. The molecule has 12 heteroatoms. The Morgan fingerprint density at radius 1 is 0.372 bits per heavy atom. The predicted octanol–water partition coefficient (Wildman–Crippen LogP) is 26.6. The Hall–Kier alpha value is -5.14. The van der Waals surface area contributed by atoms with E-state index in [2.05, 4.69) is 310 Å². The molecule has 1 aliphatic carbocycles. The minimum absolute atomic E-state index is 0. The van der Waals surface area contributed by atoms with Crippen LogP contribution < -0.4 is 10.6 Å². The SMILES string of the molecule is CC(C)(C)c1cc(C(C)(C)C)c(O)c(C(C)(C)C)c1.CC1(C)CC(OC(=O)CCCCCCCCC(=O)OC2CC(C)(C)NC(C)(C)C2)CC(C)(C)N1.CC1CCC(c2cc(C(C)(C)C)c(O)c(C(C)(C)C)c2)CC1.CC1COC(c2cc(C(C)(C)C)c(O)c(C(C)(C)C)c2)OC1.Cc1cc(C(C)(C)C)c(O)c(C(C)(C)C)c1.[HH]. The van der Waals surface area contributed by atoms with E-state index in [9.17, 15) is 30.0 Å². The molecule has 4 aromatic rings. The van der Waals surface area contributed by atoms with Crippen molar-refractivity contribution in [3.8, 4) is 23.0 Å². The van der Waals surface area contributed by atoms with Crippen LogP contribution in [0.3, 0.4) is 0 Å². The number of hydrogen-bond acceptors (Lipinski definition) is 12. The maximum Gasteiger partial charge on any atom is 0.306 e. The van der Waals surface area contributed by atoms with Crippen molar-refractivity contribution in [2.24, 2.45) is 11.8 Å². The number of aromatic hydroxyl groups is 4. The van der Waals surface area contributed by atoms with Crippen molar-refractivity contribution in [2.45, 2.75) is 461 Å². The number of ether oxygens (including phenoxy) is 4. The van der Waals surface area contributed by atoms with Gasteiger partial charge < -0.3 is 50.0 Å². The Labute approximate surface area is 693 Å². The van der Waals surface area contributed by atoms with Gasteiger partial charge in [0.1, 0.15) is 35.2 Å². The van der Waals surface area contributed by atoms with E-state index < -0.39 is 0 Å². The monoisotopic (exact) mass is 1570 g/mol. The smallest absolute Gasteiger partial charge is 0.306 e. The molecule has 113 heavy (non-hydrogen) atoms. The maximum atomic E-state index is 12.3. The molecule has 0 atom stereocenters. The third-order valence-electron chi connectivity index (χ3n) is 22.7. The Morgan fingerprint density at radius 2 is 0.619 bits per heavy atom. The number of rotatable bonds is 13. The first-order valence-electron chi connectivity index (χ1n) is 43.5. The molecule has 6 N–H and O–H groups in total. The Bertz CT molecular complexity index is 3390. The molecule has 3 aliphatic heterocycles. The van der Waals surface area contributed by atoms with Gasteiger partial charge in [-0.2, -0.15) is 0 Å². The quantitative estimate of drug-likeness (QED) is 0.0553. The van der Waals surface area contributed by atoms with Gasteiger partial charge in [0.05, 0.1) is 13.2 Å². The average Bonchev–Trinajstić information content (AvgIpc) is 0.808. The topological polar surface area (TPSA) is 176 Å². The molecular formula is C101H172N2O10. The first-order valence-corrected chi connectivity index (χ1v) is 43.5. The lowest BCUT2D eigenvalue weighted by Gasteiger charge is -2.46. The van der Waals surface area contributed by atoms with E-state index in [1.54, 1.807) is 0 Å². The number of benzene rings is 4. The third kappa shape index (κ3) is 31.9. The maximum absolute atomic E-state index is 12.3. The molecule has 4 aliphatic rings. The van der Waals surface area contributed by atoms with Gasteiger partial charge >= 0.3 is 11.9 Å². The summed E-state index contributed by atoms with van der Waals surface area (Å²) in [6.45, 7) is 83.6. The largest absolute Gasteiger partial charge is 0.507 e. The van der Waals surface area contributed by atoms with Crippen LogP contribution in [0.25, 0.3) is 0 Å². The van der Waals surface area contributed by atoms with Crippen LogP contribution in [0, 0.1) is 18.8 Å². The fraction of sp³-hybridized carbons (Fsp3) is 0.743. The summed E-state index contributed by atoms with van der Waals surface area (Å²) in [7, 11) is 0. The number of esters is 2. The normalized spacial score (nSPS) is 20.5. The van der Waals surface area contributed by atoms with Crippen molar-refractivity contribution >= 4 is 11.9 Å². The van der Waals surface area contributed by atoms with E-state index in [4.69, 9.17) is 18.9 Å². The fourth-order valence-electron chi connectivity index (χ4n) is 16.9. The first-order chi connectivity index (χ1) is 50.8. The highest BCUT2D eigenvalue weighted by atomic mass is 16.7. The lowest BCUT2D eigenvalue weighted by Crippen LogP contribution is -2.59. The van der Waals surface area contributed by atoms with Gasteiger partial charge in [-0.05, 0) is 216 Å². The summed E-state index contributed by atoms with van der Waals surface area (Å²) in [5.74, 6) is 3.67. The van der Waals surface area contributed by atoms with Gasteiger partial charge in [0.25, 0.3) is 0 Å². The lowest BCUT2D eigenvalue weighted by atomic mass is 9.74. The highest BCUT2D eigenvalue weighted by Crippen LogP contribution is 2.48. The van der Waals surface area contributed by atoms with E-state index in [1.807, 2.05) is 12.1 Å². The van der Waals surface area contributed by atoms with Crippen LogP contribution in [0.4, 0.5) is 0 Å². The molecule has 1 saturated carbocycles. The van der Waals surface area contributed by atoms with Crippen LogP contribution in [0.1, 0.15) is 439 Å². The number of carbonyl (C=O) groups excluding carboxylic acids is 2. The Kier molecular flexibility index (Phi) is 34.0. The molecule has 12 nitrogen and oxygen atoms in total. The van der Waals surface area contributed by atoms with Crippen molar-refractivity contribution in [1.29, 1.82) is 0 Å². The summed E-state index contributed by atoms with van der Waals surface area (Å²) < 4.78 is 23.3. The van der Waals surface area contributed by atoms with Crippen molar-refractivity contribution < 1.29 is 50.4 Å². The van der Waals surface area contributed by atoms with Crippen LogP contribution in [-0.4, -0.2) is 79.9 Å². The second-order valence-corrected chi connectivity index (χ2v) is 46.8. The van der Waals surface area contributed by atoms with Gasteiger partial charge in [-0.1, -0.05) is 281 Å². The van der Waals surface area contributed by atoms with Gasteiger partial charge in [-0.15, -0.1) is 0 Å². The molecule has 0 unspecified atom stereocenters. The van der Waals surface area contributed by atoms with Crippen LogP contribution in [0.2, 0.25) is 0 Å². The van der Waals surface area contributed by atoms with E-state index in [0.717, 1.165) is 120 Å². The van der Waals surface area contributed by atoms with Crippen molar-refractivity contribution in [1.82, 2.24) is 10.6 Å². The van der Waals surface area contributed by atoms with E-state index >= 15 is 0 Å². The van der Waals surface area contributed by atoms with Gasteiger partial charge in [0, 0.05) is 73.6 Å². The van der Waals surface area contributed by atoms with Gasteiger partial charge in [-0.3, -0.25) is 9.59 Å². The molecule has 4 aromatic carbocycles. The highest BCUT2D eigenvalue weighted by Gasteiger charge is 2.42. The van der Waals surface area contributed by atoms with Gasteiger partial charge in [-0.25, -0.2) is 0 Å². The summed E-state index contributed by atoms with van der Waals surface area (Å²) >= 11 is 0. The van der Waals surface area contributed by atoms with E-state index in [-0.39, 0.29) is 103 Å². The molecule has 3 saturated heterocycles. The second-order valence-electron chi connectivity index (χ2n) is 46.8. The molecule has 0 spiro atoms. The number of hydrogen-bond donors (Lipinski definition) is 6. The number of unbranched alkanes of at least 4 members (excludes halogenated alkanes) is 5. The standard InChI is InChI=1S/C28H52N2O4.C21H34O.C19H30O3.C18H30O.C15H24O.H2/c1-25(2)17-21(18-26(3,4)29-25)33-23(31)15-13-11-9-10-12-14-16-24(32)34-22-19-27(5,6)30-28(7,8)20-22;1-14-8-10-15(11-9-14)16-12-17(20(2,3)4)19(22)18(13-16)21(5,6)7;1-12-10-21-17(22-11-12)13-8-14(18(2,3)4)16(20)15(9-13)19(5,6)7;1-16(2,3)12-10-13(17(4,5)6)15(19)14(11-12)18(7,8)9;1-10-8-11(14(2,3)4)13(16)12(9-10)15(5,6)7;/h21-22,29-30H,9-20H2,1-8H3;12-15,22H,8-11H2,1-7H3;8-9,12,17,20H,10-11H2,1-7H3;10-11,19H,1-9H3;8-9,16H,1-7H3;1H. The Balaban J connectivity index is 0.000000377. The number of carbonyl (C=O) groups is 2. The summed E-state index contributed by atoms with van der Waals surface area (Å²) in [5.41, 5.74) is 12.8. The molecule has 4 fully saturated rings. The zero-order chi connectivity index (χ0) is 87.0. The Morgan fingerprint density at radius 3 is 0.885 bits per heavy atom. The van der Waals surface area contributed by atoms with Gasteiger partial charge in [0.15, 0.2) is 6.29 Å².